The van der Waals surface area contributed by atoms with Crippen molar-refractivity contribution in [3.05, 3.63) is 196 Å². The Balaban J connectivity index is 1.26. The predicted molar refractivity (Wildman–Crippen MR) is 317 cm³/mol. The predicted octanol–water partition coefficient (Wildman–Crippen LogP) is 19.0. The van der Waals surface area contributed by atoms with Gasteiger partial charge in [0, 0.05) is 57.7 Å². The molecule has 0 unspecified atom stereocenters. The third-order valence-corrected chi connectivity index (χ3v) is 15.6. The molecule has 0 saturated carbocycles. The highest BCUT2D eigenvalue weighted by Crippen LogP contribution is 2.46. The third kappa shape index (κ3) is 10.2. The van der Waals surface area contributed by atoms with Gasteiger partial charge in [0.2, 0.25) is 0 Å². The van der Waals surface area contributed by atoms with Gasteiger partial charge < -0.3 is 14.5 Å². The van der Waals surface area contributed by atoms with E-state index in [1.54, 1.807) is 0 Å². The molecule has 3 heterocycles. The number of pyridine rings is 1. The Morgan fingerprint density at radius 3 is 1.65 bits per heavy atom. The van der Waals surface area contributed by atoms with Crippen molar-refractivity contribution in [3.63, 3.8) is 0 Å². The van der Waals surface area contributed by atoms with Crippen LogP contribution in [0.3, 0.4) is 0 Å². The molecule has 0 aliphatic carbocycles. The van der Waals surface area contributed by atoms with Crippen molar-refractivity contribution in [3.8, 4) is 17.3 Å². The van der Waals surface area contributed by atoms with Crippen LogP contribution in [0.2, 0.25) is 0 Å². The Bertz CT molecular complexity index is 3350. The van der Waals surface area contributed by atoms with E-state index >= 15 is 0 Å². The van der Waals surface area contributed by atoms with Crippen molar-refractivity contribution in [2.75, 3.05) is 16.5 Å². The summed E-state index contributed by atoms with van der Waals surface area (Å²) in [5.74, 6) is 3.09. The minimum atomic E-state index is -0.356. The third-order valence-electron chi connectivity index (χ3n) is 15.6. The van der Waals surface area contributed by atoms with Crippen LogP contribution in [0.5, 0.6) is 11.5 Å². The van der Waals surface area contributed by atoms with Crippen LogP contribution in [0.15, 0.2) is 146 Å². The van der Waals surface area contributed by atoms with Gasteiger partial charge in [-0.25, -0.2) is 4.98 Å². The molecular formula is C69H82N4O. The monoisotopic (exact) mass is 983 g/mol. The standard InChI is InChI=1S/C69H82N4O/c1-44(2)56-25-22-26-57(45(3)4)64(56)62-42-71(52-34-49(67(11,12)13)33-50(35-52)68(14,15)16)43-72(62)53-36-51(69(17,18)46-23-20-19-21-24-46)37-55(40-53)74-54-28-29-58-59-38-47(65(5,6)7)27-30-60(59)73(61(58)41-54)63-39-48(31-32-70-63)66(8,9)10/h19-42,44-45H,43H2,1-18H3. The summed E-state index contributed by atoms with van der Waals surface area (Å²) >= 11 is 0. The van der Waals surface area contributed by atoms with Gasteiger partial charge in [-0.05, 0) is 139 Å². The topological polar surface area (TPSA) is 33.5 Å². The summed E-state index contributed by atoms with van der Waals surface area (Å²) in [5.41, 5.74) is 16.9. The molecule has 0 fully saturated rings. The summed E-state index contributed by atoms with van der Waals surface area (Å²) < 4.78 is 9.62. The molecule has 0 amide bonds. The summed E-state index contributed by atoms with van der Waals surface area (Å²) in [6.07, 6.45) is 4.38. The van der Waals surface area contributed by atoms with E-state index in [0.29, 0.717) is 18.5 Å². The Morgan fingerprint density at radius 2 is 1.05 bits per heavy atom. The van der Waals surface area contributed by atoms with Crippen LogP contribution >= 0.6 is 0 Å². The molecule has 6 aromatic carbocycles. The SMILES string of the molecule is CC(C)c1cccc(C(C)C)c1C1=CN(c2cc(C(C)(C)C)cc(C(C)(C)C)c2)CN1c1cc(Oc2ccc3c4cc(C(C)(C)C)ccc4n(-c4cc(C(C)(C)C)ccn4)c3c2)cc(C(C)(C)c2ccccc2)c1. The van der Waals surface area contributed by atoms with E-state index in [1.165, 1.54) is 72.2 Å². The molecule has 5 nitrogen and oxygen atoms in total. The van der Waals surface area contributed by atoms with Gasteiger partial charge in [0.05, 0.1) is 23.4 Å². The zero-order valence-corrected chi connectivity index (χ0v) is 47.9. The fourth-order valence-electron chi connectivity index (χ4n) is 10.7. The maximum Gasteiger partial charge on any atom is 0.137 e. The molecule has 8 aromatic rings. The second kappa shape index (κ2) is 19.0. The summed E-state index contributed by atoms with van der Waals surface area (Å²) in [7, 11) is 0. The van der Waals surface area contributed by atoms with Crippen molar-refractivity contribution in [2.45, 2.75) is 164 Å². The highest BCUT2D eigenvalue weighted by molar-refractivity contribution is 6.10. The summed E-state index contributed by atoms with van der Waals surface area (Å²) in [6.45, 7) is 42.2. The number of rotatable bonds is 10. The molecule has 5 heteroatoms. The lowest BCUT2D eigenvalue weighted by molar-refractivity contribution is 0.480. The first-order valence-corrected chi connectivity index (χ1v) is 27.1. The molecule has 0 N–H and O–H groups in total. The second-order valence-electron chi connectivity index (χ2n) is 26.4. The summed E-state index contributed by atoms with van der Waals surface area (Å²) in [6, 6.07) is 50.0. The van der Waals surface area contributed by atoms with Crippen LogP contribution in [0.1, 0.15) is 187 Å². The fourth-order valence-corrected chi connectivity index (χ4v) is 10.7. The lowest BCUT2D eigenvalue weighted by Gasteiger charge is -2.32. The van der Waals surface area contributed by atoms with E-state index < -0.39 is 0 Å². The maximum absolute atomic E-state index is 7.29. The highest BCUT2D eigenvalue weighted by Gasteiger charge is 2.33. The molecule has 0 radical (unpaired) electrons. The molecule has 1 aliphatic heterocycles. The summed E-state index contributed by atoms with van der Waals surface area (Å²) in [5, 5.41) is 2.38. The van der Waals surface area contributed by atoms with E-state index in [-0.39, 0.29) is 27.1 Å². The van der Waals surface area contributed by atoms with Crippen LogP contribution in [0.4, 0.5) is 11.4 Å². The number of anilines is 2. The second-order valence-corrected chi connectivity index (χ2v) is 26.4. The zero-order valence-electron chi connectivity index (χ0n) is 47.9. The van der Waals surface area contributed by atoms with Crippen LogP contribution < -0.4 is 14.5 Å². The molecule has 0 atom stereocenters. The minimum Gasteiger partial charge on any atom is -0.457 e. The lowest BCUT2D eigenvalue weighted by atomic mass is 9.78. The molecular weight excluding hydrogens is 901 g/mol. The van der Waals surface area contributed by atoms with E-state index in [4.69, 9.17) is 9.72 Å². The fraction of sp³-hybridized carbons (Fsp3) is 0.377. The molecule has 2 aromatic heterocycles. The minimum absolute atomic E-state index is 0.00715. The van der Waals surface area contributed by atoms with Gasteiger partial charge in [-0.15, -0.1) is 0 Å². The van der Waals surface area contributed by atoms with E-state index in [9.17, 15) is 0 Å². The largest absolute Gasteiger partial charge is 0.457 e. The van der Waals surface area contributed by atoms with Crippen molar-refractivity contribution >= 4 is 38.9 Å². The van der Waals surface area contributed by atoms with Gasteiger partial charge in [-0.3, -0.25) is 4.57 Å². The van der Waals surface area contributed by atoms with Gasteiger partial charge in [-0.2, -0.15) is 0 Å². The molecule has 0 bridgehead atoms. The molecule has 384 valence electrons. The zero-order chi connectivity index (χ0) is 53.4. The normalized spacial score (nSPS) is 14.0. The van der Waals surface area contributed by atoms with E-state index in [0.717, 1.165) is 34.0 Å². The number of benzene rings is 6. The number of fused-ring (bicyclic) bond motifs is 3. The number of hydrogen-bond donors (Lipinski definition) is 0. The Morgan fingerprint density at radius 1 is 0.459 bits per heavy atom. The van der Waals surface area contributed by atoms with Crippen LogP contribution in [0, 0.1) is 0 Å². The Kier molecular flexibility index (Phi) is 13.4. The van der Waals surface area contributed by atoms with Gasteiger partial charge in [0.1, 0.15) is 17.3 Å². The molecule has 0 spiro atoms. The van der Waals surface area contributed by atoms with E-state index in [1.807, 2.05) is 6.20 Å². The van der Waals surface area contributed by atoms with Crippen molar-refractivity contribution in [1.82, 2.24) is 9.55 Å². The Labute approximate surface area is 444 Å². The number of hydrogen-bond acceptors (Lipinski definition) is 4. The molecule has 74 heavy (non-hydrogen) atoms. The summed E-state index contributed by atoms with van der Waals surface area (Å²) in [4.78, 5) is 10.1. The molecule has 1 aliphatic rings. The molecule has 0 saturated heterocycles. The number of nitrogens with zero attached hydrogens (tertiary/aromatic N) is 4. The lowest BCUT2D eigenvalue weighted by Crippen LogP contribution is -2.28. The average molecular weight is 983 g/mol. The smallest absolute Gasteiger partial charge is 0.137 e. The van der Waals surface area contributed by atoms with Crippen LogP contribution in [0.25, 0.3) is 33.3 Å². The van der Waals surface area contributed by atoms with Crippen LogP contribution in [-0.4, -0.2) is 16.2 Å². The van der Waals surface area contributed by atoms with Crippen molar-refractivity contribution in [2.24, 2.45) is 0 Å². The first kappa shape index (κ1) is 52.3. The quantitative estimate of drug-likeness (QED) is 0.137. The first-order chi connectivity index (χ1) is 34.6. The van der Waals surface area contributed by atoms with Crippen LogP contribution in [-0.2, 0) is 27.1 Å². The van der Waals surface area contributed by atoms with Crippen molar-refractivity contribution < 1.29 is 4.74 Å². The highest BCUT2D eigenvalue weighted by atomic mass is 16.5. The van der Waals surface area contributed by atoms with Gasteiger partial charge >= 0.3 is 0 Å². The first-order valence-electron chi connectivity index (χ1n) is 27.1. The average Bonchev–Trinajstić information content (AvgIpc) is 3.92. The van der Waals surface area contributed by atoms with Crippen molar-refractivity contribution in [1.29, 1.82) is 0 Å². The van der Waals surface area contributed by atoms with Gasteiger partial charge in [0.25, 0.3) is 0 Å². The Hall–Kier alpha value is -6.59. The number of aromatic nitrogens is 2. The van der Waals surface area contributed by atoms with E-state index in [2.05, 4.69) is 279 Å². The van der Waals surface area contributed by atoms with Gasteiger partial charge in [0.15, 0.2) is 0 Å². The van der Waals surface area contributed by atoms with Gasteiger partial charge in [-0.1, -0.05) is 185 Å². The maximum atomic E-state index is 7.29. The molecule has 9 rings (SSSR count). The number of ether oxygens (including phenoxy) is 1.